The van der Waals surface area contributed by atoms with Gasteiger partial charge >= 0.3 is 0 Å². The summed E-state index contributed by atoms with van der Waals surface area (Å²) in [6.45, 7) is 2.58. The van der Waals surface area contributed by atoms with E-state index in [-0.39, 0.29) is 5.82 Å². The van der Waals surface area contributed by atoms with Gasteiger partial charge in [0.15, 0.2) is 0 Å². The number of hydrogen-bond donors (Lipinski definition) is 2. The van der Waals surface area contributed by atoms with Crippen LogP contribution < -0.4 is 20.1 Å². The SMILES string of the molecule is COc1ccc(Nc2nc(C)cc(NCCc3ccc(F)cc3)n2)c(OC)c1. The molecule has 0 unspecified atom stereocenters. The Kier molecular flexibility index (Phi) is 6.26. The summed E-state index contributed by atoms with van der Waals surface area (Å²) < 4.78 is 23.6. The van der Waals surface area contributed by atoms with Gasteiger partial charge in [-0.2, -0.15) is 4.98 Å². The van der Waals surface area contributed by atoms with E-state index in [9.17, 15) is 4.39 Å². The molecule has 3 rings (SSSR count). The second kappa shape index (κ2) is 9.03. The molecule has 0 aliphatic carbocycles. The monoisotopic (exact) mass is 382 g/mol. The number of aryl methyl sites for hydroxylation is 1. The van der Waals surface area contributed by atoms with Gasteiger partial charge in [0.25, 0.3) is 0 Å². The topological polar surface area (TPSA) is 68.3 Å². The quantitative estimate of drug-likeness (QED) is 0.604. The van der Waals surface area contributed by atoms with E-state index in [0.29, 0.717) is 29.8 Å². The summed E-state index contributed by atoms with van der Waals surface area (Å²) in [6.07, 6.45) is 0.762. The minimum absolute atomic E-state index is 0.229. The number of nitrogens with one attached hydrogen (secondary N) is 2. The molecule has 0 spiro atoms. The van der Waals surface area contributed by atoms with Crippen molar-refractivity contribution in [2.75, 3.05) is 31.4 Å². The first-order chi connectivity index (χ1) is 13.6. The average Bonchev–Trinajstić information content (AvgIpc) is 2.69. The van der Waals surface area contributed by atoms with Crippen molar-refractivity contribution in [1.82, 2.24) is 9.97 Å². The van der Waals surface area contributed by atoms with Crippen molar-refractivity contribution in [3.8, 4) is 11.5 Å². The molecule has 3 aromatic rings. The molecule has 28 heavy (non-hydrogen) atoms. The Bertz CT molecular complexity index is 932. The van der Waals surface area contributed by atoms with Gasteiger partial charge in [0.05, 0.1) is 19.9 Å². The lowest BCUT2D eigenvalue weighted by atomic mass is 10.1. The summed E-state index contributed by atoms with van der Waals surface area (Å²) in [6, 6.07) is 13.9. The molecule has 0 amide bonds. The van der Waals surface area contributed by atoms with Gasteiger partial charge < -0.3 is 20.1 Å². The van der Waals surface area contributed by atoms with Crippen LogP contribution in [0.3, 0.4) is 0 Å². The molecule has 2 N–H and O–H groups in total. The number of hydrogen-bond acceptors (Lipinski definition) is 6. The van der Waals surface area contributed by atoms with E-state index < -0.39 is 0 Å². The van der Waals surface area contributed by atoms with Gasteiger partial charge in [-0.25, -0.2) is 9.37 Å². The van der Waals surface area contributed by atoms with Crippen LogP contribution in [0.2, 0.25) is 0 Å². The normalized spacial score (nSPS) is 10.4. The second-order valence-corrected chi connectivity index (χ2v) is 6.21. The van der Waals surface area contributed by atoms with E-state index in [4.69, 9.17) is 9.47 Å². The smallest absolute Gasteiger partial charge is 0.229 e. The summed E-state index contributed by atoms with van der Waals surface area (Å²) in [4.78, 5) is 8.94. The maximum atomic E-state index is 13.0. The first kappa shape index (κ1) is 19.4. The fraction of sp³-hybridized carbons (Fsp3) is 0.238. The summed E-state index contributed by atoms with van der Waals surface area (Å²) in [5.41, 5.74) is 2.63. The third-order valence-electron chi connectivity index (χ3n) is 4.14. The molecule has 0 aliphatic heterocycles. The van der Waals surface area contributed by atoms with Crippen molar-refractivity contribution >= 4 is 17.5 Å². The van der Waals surface area contributed by atoms with Gasteiger partial charge in [0.1, 0.15) is 23.1 Å². The fourth-order valence-corrected chi connectivity index (χ4v) is 2.72. The maximum Gasteiger partial charge on any atom is 0.229 e. The lowest BCUT2D eigenvalue weighted by Gasteiger charge is -2.13. The van der Waals surface area contributed by atoms with Crippen LogP contribution in [-0.2, 0) is 6.42 Å². The van der Waals surface area contributed by atoms with Crippen LogP contribution in [0.15, 0.2) is 48.5 Å². The van der Waals surface area contributed by atoms with E-state index in [1.54, 1.807) is 32.4 Å². The van der Waals surface area contributed by atoms with E-state index in [0.717, 1.165) is 23.4 Å². The Morgan fingerprint density at radius 3 is 2.46 bits per heavy atom. The minimum Gasteiger partial charge on any atom is -0.497 e. The highest BCUT2D eigenvalue weighted by atomic mass is 19.1. The molecule has 0 fully saturated rings. The predicted molar refractivity (Wildman–Crippen MR) is 108 cm³/mol. The van der Waals surface area contributed by atoms with E-state index in [1.807, 2.05) is 25.1 Å². The van der Waals surface area contributed by atoms with Crippen molar-refractivity contribution in [3.05, 3.63) is 65.6 Å². The highest BCUT2D eigenvalue weighted by Crippen LogP contribution is 2.30. The van der Waals surface area contributed by atoms with Crippen LogP contribution in [0.1, 0.15) is 11.3 Å². The average molecular weight is 382 g/mol. The number of benzene rings is 2. The summed E-state index contributed by atoms with van der Waals surface area (Å²) in [5.74, 6) is 2.29. The molecular formula is C21H23FN4O2. The molecule has 2 aromatic carbocycles. The zero-order valence-corrected chi connectivity index (χ0v) is 16.1. The maximum absolute atomic E-state index is 13.0. The third-order valence-corrected chi connectivity index (χ3v) is 4.14. The predicted octanol–water partition coefficient (Wildman–Crippen LogP) is 4.34. The Balaban J connectivity index is 1.68. The van der Waals surface area contributed by atoms with Gasteiger partial charge in [0, 0.05) is 24.4 Å². The summed E-state index contributed by atoms with van der Waals surface area (Å²) >= 11 is 0. The molecule has 0 saturated carbocycles. The highest BCUT2D eigenvalue weighted by molar-refractivity contribution is 5.65. The van der Waals surface area contributed by atoms with Crippen molar-refractivity contribution < 1.29 is 13.9 Å². The number of ether oxygens (including phenoxy) is 2. The molecule has 146 valence electrons. The largest absolute Gasteiger partial charge is 0.497 e. The third kappa shape index (κ3) is 5.09. The van der Waals surface area contributed by atoms with E-state index in [2.05, 4.69) is 20.6 Å². The lowest BCUT2D eigenvalue weighted by Crippen LogP contribution is -2.09. The molecule has 0 atom stereocenters. The van der Waals surface area contributed by atoms with Crippen LogP contribution in [0.25, 0.3) is 0 Å². The second-order valence-electron chi connectivity index (χ2n) is 6.21. The van der Waals surface area contributed by atoms with Gasteiger partial charge in [0.2, 0.25) is 5.95 Å². The number of nitrogens with zero attached hydrogens (tertiary/aromatic N) is 2. The Hall–Kier alpha value is -3.35. The van der Waals surface area contributed by atoms with Crippen LogP contribution in [0.4, 0.5) is 21.8 Å². The first-order valence-electron chi connectivity index (χ1n) is 8.90. The van der Waals surface area contributed by atoms with Crippen molar-refractivity contribution in [2.24, 2.45) is 0 Å². The minimum atomic E-state index is -0.229. The first-order valence-corrected chi connectivity index (χ1v) is 8.90. The Morgan fingerprint density at radius 1 is 0.964 bits per heavy atom. The zero-order valence-electron chi connectivity index (χ0n) is 16.1. The molecule has 0 radical (unpaired) electrons. The van der Waals surface area contributed by atoms with E-state index in [1.165, 1.54) is 12.1 Å². The number of methoxy groups -OCH3 is 2. The fourth-order valence-electron chi connectivity index (χ4n) is 2.72. The van der Waals surface area contributed by atoms with Crippen LogP contribution >= 0.6 is 0 Å². The molecule has 1 heterocycles. The zero-order chi connectivity index (χ0) is 19.9. The molecule has 1 aromatic heterocycles. The van der Waals surface area contributed by atoms with Gasteiger partial charge in [-0.3, -0.25) is 0 Å². The van der Waals surface area contributed by atoms with Crippen LogP contribution in [-0.4, -0.2) is 30.7 Å². The summed E-state index contributed by atoms with van der Waals surface area (Å²) in [5, 5.41) is 6.47. The van der Waals surface area contributed by atoms with Crippen molar-refractivity contribution in [3.63, 3.8) is 0 Å². The van der Waals surface area contributed by atoms with Gasteiger partial charge in [-0.1, -0.05) is 12.1 Å². The Labute approximate surface area is 163 Å². The van der Waals surface area contributed by atoms with Crippen molar-refractivity contribution in [2.45, 2.75) is 13.3 Å². The standard InChI is InChI=1S/C21H23FN4O2/c1-14-12-20(23-11-10-15-4-6-16(22)7-5-15)26-21(24-14)25-18-9-8-17(27-2)13-19(18)28-3/h4-9,12-13H,10-11H2,1-3H3,(H2,23,24,25,26). The van der Waals surface area contributed by atoms with Crippen molar-refractivity contribution in [1.29, 1.82) is 0 Å². The molecular weight excluding hydrogens is 359 g/mol. The molecule has 7 heteroatoms. The molecule has 0 bridgehead atoms. The molecule has 0 saturated heterocycles. The number of anilines is 3. The van der Waals surface area contributed by atoms with Gasteiger partial charge in [-0.15, -0.1) is 0 Å². The number of halogens is 1. The highest BCUT2D eigenvalue weighted by Gasteiger charge is 2.08. The van der Waals surface area contributed by atoms with E-state index >= 15 is 0 Å². The van der Waals surface area contributed by atoms with Crippen LogP contribution in [0, 0.1) is 12.7 Å². The molecule has 6 nitrogen and oxygen atoms in total. The summed E-state index contributed by atoms with van der Waals surface area (Å²) in [7, 11) is 3.20. The Morgan fingerprint density at radius 2 is 1.75 bits per heavy atom. The number of aromatic nitrogens is 2. The number of rotatable bonds is 8. The van der Waals surface area contributed by atoms with Gasteiger partial charge in [-0.05, 0) is 43.2 Å². The van der Waals surface area contributed by atoms with Crippen LogP contribution in [0.5, 0.6) is 11.5 Å². The molecule has 0 aliphatic rings. The lowest BCUT2D eigenvalue weighted by molar-refractivity contribution is 0.395.